The Balaban J connectivity index is 1.35. The average molecular weight is 489 g/mol. The lowest BCUT2D eigenvalue weighted by atomic mass is 10.0. The minimum atomic E-state index is -0.636. The SMILES string of the molecule is CC(C)(CCNCCCNC(=O)c1ccc(CN)cc1)OC(=O)Nc1ccccc1-c1ccccc1. The van der Waals surface area contributed by atoms with E-state index >= 15 is 0 Å². The van der Waals surface area contributed by atoms with Gasteiger partial charge >= 0.3 is 6.09 Å². The fourth-order valence-electron chi connectivity index (χ4n) is 3.72. The first kappa shape index (κ1) is 26.9. The van der Waals surface area contributed by atoms with E-state index in [1.807, 2.05) is 80.6 Å². The van der Waals surface area contributed by atoms with Crippen LogP contribution in [0, 0.1) is 0 Å². The summed E-state index contributed by atoms with van der Waals surface area (Å²) < 4.78 is 5.70. The maximum atomic E-state index is 12.6. The van der Waals surface area contributed by atoms with E-state index in [0.29, 0.717) is 37.3 Å². The first-order valence-electron chi connectivity index (χ1n) is 12.3. The van der Waals surface area contributed by atoms with Crippen LogP contribution in [0.3, 0.4) is 0 Å². The third kappa shape index (κ3) is 8.52. The van der Waals surface area contributed by atoms with Crippen molar-refractivity contribution in [3.8, 4) is 11.1 Å². The Labute approximate surface area is 213 Å². The molecule has 0 spiro atoms. The number of amides is 2. The molecule has 0 atom stereocenters. The van der Waals surface area contributed by atoms with Crippen molar-refractivity contribution in [1.82, 2.24) is 10.6 Å². The molecule has 3 aromatic carbocycles. The van der Waals surface area contributed by atoms with Gasteiger partial charge in [-0.1, -0.05) is 60.7 Å². The summed E-state index contributed by atoms with van der Waals surface area (Å²) in [5.41, 5.74) is 9.25. The second-order valence-corrected chi connectivity index (χ2v) is 9.20. The van der Waals surface area contributed by atoms with E-state index in [9.17, 15) is 9.59 Å². The number of para-hydroxylation sites is 1. The van der Waals surface area contributed by atoms with Crippen molar-refractivity contribution in [3.05, 3.63) is 90.0 Å². The fraction of sp³-hybridized carbons (Fsp3) is 0.310. The van der Waals surface area contributed by atoms with Crippen LogP contribution in [0.1, 0.15) is 42.6 Å². The molecule has 0 unspecified atom stereocenters. The number of hydrogen-bond donors (Lipinski definition) is 4. The molecule has 7 nitrogen and oxygen atoms in total. The molecule has 7 heteroatoms. The van der Waals surface area contributed by atoms with Crippen molar-refractivity contribution < 1.29 is 14.3 Å². The molecular formula is C29H36N4O3. The topological polar surface area (TPSA) is 105 Å². The van der Waals surface area contributed by atoms with Crippen molar-refractivity contribution in [2.45, 2.75) is 38.8 Å². The van der Waals surface area contributed by atoms with E-state index in [4.69, 9.17) is 10.5 Å². The van der Waals surface area contributed by atoms with Crippen LogP contribution in [0.15, 0.2) is 78.9 Å². The molecule has 36 heavy (non-hydrogen) atoms. The number of nitrogens with one attached hydrogen (secondary N) is 3. The van der Waals surface area contributed by atoms with Gasteiger partial charge in [0, 0.05) is 24.2 Å². The molecule has 3 aromatic rings. The monoisotopic (exact) mass is 488 g/mol. The highest BCUT2D eigenvalue weighted by Crippen LogP contribution is 2.28. The van der Waals surface area contributed by atoms with Gasteiger partial charge in [0.1, 0.15) is 5.60 Å². The quantitative estimate of drug-likeness (QED) is 0.270. The van der Waals surface area contributed by atoms with Gasteiger partial charge in [-0.3, -0.25) is 10.1 Å². The van der Waals surface area contributed by atoms with Crippen LogP contribution in [-0.2, 0) is 11.3 Å². The van der Waals surface area contributed by atoms with Gasteiger partial charge in [0.15, 0.2) is 0 Å². The summed E-state index contributed by atoms with van der Waals surface area (Å²) in [4.78, 5) is 24.8. The third-order valence-corrected chi connectivity index (χ3v) is 5.79. The molecule has 0 aliphatic rings. The zero-order chi connectivity index (χ0) is 25.8. The Bertz CT molecular complexity index is 1110. The molecule has 0 aromatic heterocycles. The van der Waals surface area contributed by atoms with Crippen LogP contribution in [0.25, 0.3) is 11.1 Å². The summed E-state index contributed by atoms with van der Waals surface area (Å²) in [6.07, 6.45) is 0.969. The minimum absolute atomic E-state index is 0.0899. The summed E-state index contributed by atoms with van der Waals surface area (Å²) >= 11 is 0. The molecule has 0 heterocycles. The van der Waals surface area contributed by atoms with Crippen molar-refractivity contribution in [2.24, 2.45) is 5.73 Å². The summed E-state index contributed by atoms with van der Waals surface area (Å²) in [7, 11) is 0. The predicted molar refractivity (Wildman–Crippen MR) is 145 cm³/mol. The van der Waals surface area contributed by atoms with Gasteiger partial charge in [-0.15, -0.1) is 0 Å². The summed E-state index contributed by atoms with van der Waals surface area (Å²) in [5, 5.41) is 9.15. The minimum Gasteiger partial charge on any atom is -0.443 e. The first-order chi connectivity index (χ1) is 17.4. The van der Waals surface area contributed by atoms with E-state index in [2.05, 4.69) is 16.0 Å². The largest absolute Gasteiger partial charge is 0.443 e. The molecule has 0 aliphatic carbocycles. The van der Waals surface area contributed by atoms with Gasteiger partial charge in [-0.05, 0) is 69.1 Å². The number of benzene rings is 3. The molecule has 5 N–H and O–H groups in total. The van der Waals surface area contributed by atoms with Crippen LogP contribution in [-0.4, -0.2) is 37.2 Å². The van der Waals surface area contributed by atoms with Gasteiger partial charge in [-0.25, -0.2) is 4.79 Å². The van der Waals surface area contributed by atoms with Crippen LogP contribution < -0.4 is 21.7 Å². The molecule has 0 bridgehead atoms. The molecule has 190 valence electrons. The Hall–Kier alpha value is -3.68. The molecule has 2 amide bonds. The molecule has 0 saturated carbocycles. The van der Waals surface area contributed by atoms with Gasteiger partial charge in [0.05, 0.1) is 5.69 Å². The smallest absolute Gasteiger partial charge is 0.412 e. The summed E-state index contributed by atoms with van der Waals surface area (Å²) in [6, 6.07) is 24.9. The van der Waals surface area contributed by atoms with E-state index in [-0.39, 0.29) is 5.91 Å². The van der Waals surface area contributed by atoms with E-state index in [1.54, 1.807) is 12.1 Å². The molecule has 3 rings (SSSR count). The Morgan fingerprint density at radius 1 is 0.861 bits per heavy atom. The van der Waals surface area contributed by atoms with Crippen molar-refractivity contribution in [2.75, 3.05) is 25.0 Å². The van der Waals surface area contributed by atoms with Gasteiger partial charge in [0.2, 0.25) is 0 Å². The summed E-state index contributed by atoms with van der Waals surface area (Å²) in [6.45, 7) is 6.27. The maximum absolute atomic E-state index is 12.6. The number of anilines is 1. The lowest BCUT2D eigenvalue weighted by Gasteiger charge is -2.25. The Morgan fingerprint density at radius 3 is 2.28 bits per heavy atom. The van der Waals surface area contributed by atoms with Gasteiger partial charge < -0.3 is 21.1 Å². The number of carbonyl (C=O) groups excluding carboxylic acids is 2. The van der Waals surface area contributed by atoms with Gasteiger partial charge in [-0.2, -0.15) is 0 Å². The highest BCUT2D eigenvalue weighted by Gasteiger charge is 2.23. The number of ether oxygens (including phenoxy) is 1. The zero-order valence-corrected chi connectivity index (χ0v) is 21.1. The highest BCUT2D eigenvalue weighted by molar-refractivity contribution is 5.94. The summed E-state index contributed by atoms with van der Waals surface area (Å²) in [5.74, 6) is -0.0899. The van der Waals surface area contributed by atoms with E-state index < -0.39 is 11.7 Å². The predicted octanol–water partition coefficient (Wildman–Crippen LogP) is 4.94. The van der Waals surface area contributed by atoms with Crippen LogP contribution in [0.5, 0.6) is 0 Å². The fourth-order valence-corrected chi connectivity index (χ4v) is 3.72. The number of hydrogen-bond acceptors (Lipinski definition) is 5. The van der Waals surface area contributed by atoms with Crippen molar-refractivity contribution in [1.29, 1.82) is 0 Å². The highest BCUT2D eigenvalue weighted by atomic mass is 16.6. The number of carbonyl (C=O) groups is 2. The first-order valence-corrected chi connectivity index (χ1v) is 12.3. The average Bonchev–Trinajstić information content (AvgIpc) is 2.88. The van der Waals surface area contributed by atoms with Crippen LogP contribution in [0.4, 0.5) is 10.5 Å². The second-order valence-electron chi connectivity index (χ2n) is 9.20. The number of nitrogens with two attached hydrogens (primary N) is 1. The molecule has 0 saturated heterocycles. The molecule has 0 aliphatic heterocycles. The molecule has 0 radical (unpaired) electrons. The third-order valence-electron chi connectivity index (χ3n) is 5.79. The number of rotatable bonds is 12. The van der Waals surface area contributed by atoms with Crippen LogP contribution >= 0.6 is 0 Å². The van der Waals surface area contributed by atoms with E-state index in [0.717, 1.165) is 29.7 Å². The molecule has 0 fully saturated rings. The maximum Gasteiger partial charge on any atom is 0.412 e. The van der Waals surface area contributed by atoms with Crippen LogP contribution in [0.2, 0.25) is 0 Å². The van der Waals surface area contributed by atoms with E-state index in [1.165, 1.54) is 0 Å². The normalized spacial score (nSPS) is 11.1. The molecular weight excluding hydrogens is 452 g/mol. The standard InChI is InChI=1S/C29H36N4O3/c1-29(2,17-20-31-18-8-19-32-27(34)24-15-13-22(21-30)14-16-24)36-28(35)33-26-12-7-6-11-25(26)23-9-4-3-5-10-23/h3-7,9-16,31H,8,17-21,30H2,1-2H3,(H,32,34)(H,33,35). The lowest BCUT2D eigenvalue weighted by Crippen LogP contribution is -2.35. The van der Waals surface area contributed by atoms with Crippen molar-refractivity contribution in [3.63, 3.8) is 0 Å². The second kappa shape index (κ2) is 13.4. The van der Waals surface area contributed by atoms with Crippen molar-refractivity contribution >= 4 is 17.7 Å². The lowest BCUT2D eigenvalue weighted by molar-refractivity contribution is 0.0427. The Kier molecular flexibility index (Phi) is 10.0. The van der Waals surface area contributed by atoms with Gasteiger partial charge in [0.25, 0.3) is 5.91 Å². The Morgan fingerprint density at radius 2 is 1.56 bits per heavy atom. The zero-order valence-electron chi connectivity index (χ0n) is 21.1.